The standard InChI is InChI=1S/C15H17FN2O3S/c1-15(20,9-22-2)8-17-14(19)12-7-13(21-18-12)10-3-5-11(16)6-4-10/h3-7,20H,8-9H2,1-2H3,(H,17,19). The molecule has 1 heterocycles. The summed E-state index contributed by atoms with van der Waals surface area (Å²) in [7, 11) is 0. The molecule has 5 nitrogen and oxygen atoms in total. The Morgan fingerprint density at radius 3 is 2.77 bits per heavy atom. The maximum Gasteiger partial charge on any atom is 0.273 e. The predicted octanol–water partition coefficient (Wildman–Crippen LogP) is 2.32. The molecule has 0 saturated carbocycles. The number of amides is 1. The fourth-order valence-corrected chi connectivity index (χ4v) is 2.58. The van der Waals surface area contributed by atoms with Crippen molar-refractivity contribution in [2.75, 3.05) is 18.6 Å². The van der Waals surface area contributed by atoms with Crippen molar-refractivity contribution >= 4 is 17.7 Å². The van der Waals surface area contributed by atoms with Crippen molar-refractivity contribution < 1.29 is 18.8 Å². The minimum atomic E-state index is -0.988. The lowest BCUT2D eigenvalue weighted by Crippen LogP contribution is -2.42. The molecule has 0 spiro atoms. The van der Waals surface area contributed by atoms with Crippen LogP contribution in [-0.4, -0.2) is 40.3 Å². The van der Waals surface area contributed by atoms with Gasteiger partial charge in [0.25, 0.3) is 5.91 Å². The number of nitrogens with zero attached hydrogens (tertiary/aromatic N) is 1. The SMILES string of the molecule is CSCC(C)(O)CNC(=O)c1cc(-c2ccc(F)cc2)on1. The van der Waals surface area contributed by atoms with Crippen LogP contribution in [0.25, 0.3) is 11.3 Å². The first-order valence-electron chi connectivity index (χ1n) is 6.63. The summed E-state index contributed by atoms with van der Waals surface area (Å²) in [6.45, 7) is 1.77. The number of rotatable bonds is 6. The van der Waals surface area contributed by atoms with E-state index < -0.39 is 11.5 Å². The van der Waals surface area contributed by atoms with Gasteiger partial charge in [0.2, 0.25) is 0 Å². The number of halogens is 1. The normalized spacial score (nSPS) is 13.6. The first kappa shape index (κ1) is 16.5. The summed E-state index contributed by atoms with van der Waals surface area (Å²) in [5.74, 6) is 0.101. The molecular formula is C15H17FN2O3S. The summed E-state index contributed by atoms with van der Waals surface area (Å²) in [4.78, 5) is 12.0. The summed E-state index contributed by atoms with van der Waals surface area (Å²) in [6, 6.07) is 7.17. The van der Waals surface area contributed by atoms with E-state index in [1.54, 1.807) is 19.1 Å². The summed E-state index contributed by atoms with van der Waals surface area (Å²) in [5, 5.41) is 16.3. The van der Waals surface area contributed by atoms with E-state index in [2.05, 4.69) is 10.5 Å². The number of benzene rings is 1. The molecule has 2 aromatic rings. The van der Waals surface area contributed by atoms with E-state index in [0.717, 1.165) is 0 Å². The molecule has 0 aliphatic carbocycles. The number of nitrogens with one attached hydrogen (secondary N) is 1. The predicted molar refractivity (Wildman–Crippen MR) is 83.2 cm³/mol. The molecule has 1 atom stereocenters. The molecule has 22 heavy (non-hydrogen) atoms. The van der Waals surface area contributed by atoms with Crippen molar-refractivity contribution in [2.24, 2.45) is 0 Å². The molecule has 0 aliphatic heterocycles. The van der Waals surface area contributed by atoms with Crippen LogP contribution in [0.1, 0.15) is 17.4 Å². The van der Waals surface area contributed by atoms with Crippen LogP contribution < -0.4 is 5.32 Å². The molecule has 1 aromatic heterocycles. The minimum absolute atomic E-state index is 0.110. The van der Waals surface area contributed by atoms with Crippen LogP contribution >= 0.6 is 11.8 Å². The Kier molecular flexibility index (Phi) is 5.20. The van der Waals surface area contributed by atoms with Gasteiger partial charge in [-0.15, -0.1) is 0 Å². The Morgan fingerprint density at radius 1 is 1.45 bits per heavy atom. The van der Waals surface area contributed by atoms with Gasteiger partial charge in [0.1, 0.15) is 5.82 Å². The van der Waals surface area contributed by atoms with Crippen LogP contribution in [0.5, 0.6) is 0 Å². The van der Waals surface area contributed by atoms with Crippen LogP contribution in [0.4, 0.5) is 4.39 Å². The third kappa shape index (κ3) is 4.32. The lowest BCUT2D eigenvalue weighted by molar-refractivity contribution is 0.0720. The topological polar surface area (TPSA) is 75.4 Å². The van der Waals surface area contributed by atoms with Crippen molar-refractivity contribution in [2.45, 2.75) is 12.5 Å². The molecule has 0 bridgehead atoms. The molecule has 2 rings (SSSR count). The monoisotopic (exact) mass is 324 g/mol. The van der Waals surface area contributed by atoms with Crippen LogP contribution in [0.2, 0.25) is 0 Å². The van der Waals surface area contributed by atoms with E-state index in [4.69, 9.17) is 4.52 Å². The fourth-order valence-electron chi connectivity index (χ4n) is 1.86. The van der Waals surface area contributed by atoms with E-state index in [1.165, 1.54) is 30.0 Å². The van der Waals surface area contributed by atoms with Gasteiger partial charge in [0.05, 0.1) is 5.60 Å². The van der Waals surface area contributed by atoms with E-state index >= 15 is 0 Å². The number of thioether (sulfide) groups is 1. The number of aliphatic hydroxyl groups is 1. The van der Waals surface area contributed by atoms with Crippen molar-refractivity contribution in [3.63, 3.8) is 0 Å². The van der Waals surface area contributed by atoms with Gasteiger partial charge in [0.15, 0.2) is 11.5 Å². The van der Waals surface area contributed by atoms with Crippen LogP contribution in [0.3, 0.4) is 0 Å². The number of aromatic nitrogens is 1. The lowest BCUT2D eigenvalue weighted by Gasteiger charge is -2.22. The van der Waals surface area contributed by atoms with Crippen molar-refractivity contribution in [3.8, 4) is 11.3 Å². The van der Waals surface area contributed by atoms with Gasteiger partial charge in [-0.1, -0.05) is 5.16 Å². The van der Waals surface area contributed by atoms with Crippen molar-refractivity contribution in [3.05, 3.63) is 41.8 Å². The first-order chi connectivity index (χ1) is 10.4. The summed E-state index contributed by atoms with van der Waals surface area (Å²) >= 11 is 1.49. The Bertz CT molecular complexity index is 640. The zero-order valence-corrected chi connectivity index (χ0v) is 13.1. The van der Waals surface area contributed by atoms with Crippen molar-refractivity contribution in [1.82, 2.24) is 10.5 Å². The van der Waals surface area contributed by atoms with Crippen LogP contribution in [0, 0.1) is 5.82 Å². The first-order valence-corrected chi connectivity index (χ1v) is 8.03. The molecule has 1 aromatic carbocycles. The van der Waals surface area contributed by atoms with Gasteiger partial charge < -0.3 is 14.9 Å². The summed E-state index contributed by atoms with van der Waals surface area (Å²) < 4.78 is 18.0. The van der Waals surface area contributed by atoms with E-state index in [0.29, 0.717) is 17.1 Å². The molecular weight excluding hydrogens is 307 g/mol. The molecule has 0 fully saturated rings. The molecule has 0 radical (unpaired) electrons. The average molecular weight is 324 g/mol. The van der Waals surface area contributed by atoms with Crippen LogP contribution in [0.15, 0.2) is 34.9 Å². The highest BCUT2D eigenvalue weighted by Gasteiger charge is 2.22. The Morgan fingerprint density at radius 2 is 2.14 bits per heavy atom. The highest BCUT2D eigenvalue weighted by molar-refractivity contribution is 7.98. The van der Waals surface area contributed by atoms with Gasteiger partial charge in [-0.2, -0.15) is 11.8 Å². The highest BCUT2D eigenvalue weighted by atomic mass is 32.2. The zero-order valence-electron chi connectivity index (χ0n) is 12.3. The molecule has 1 amide bonds. The second-order valence-corrected chi connectivity index (χ2v) is 6.06. The second kappa shape index (κ2) is 6.93. The number of hydrogen-bond donors (Lipinski definition) is 2. The molecule has 0 saturated heterocycles. The zero-order chi connectivity index (χ0) is 16.2. The van der Waals surface area contributed by atoms with Crippen LogP contribution in [-0.2, 0) is 0 Å². The summed E-state index contributed by atoms with van der Waals surface area (Å²) in [5.41, 5.74) is -0.250. The van der Waals surface area contributed by atoms with Crippen molar-refractivity contribution in [1.29, 1.82) is 0 Å². The largest absolute Gasteiger partial charge is 0.387 e. The maximum absolute atomic E-state index is 12.9. The quantitative estimate of drug-likeness (QED) is 0.853. The molecule has 2 N–H and O–H groups in total. The Balaban J connectivity index is 2.02. The summed E-state index contributed by atoms with van der Waals surface area (Å²) in [6.07, 6.45) is 1.88. The third-order valence-corrected chi connectivity index (χ3v) is 3.87. The third-order valence-electron chi connectivity index (χ3n) is 2.96. The lowest BCUT2D eigenvalue weighted by atomic mass is 10.1. The Labute approximate surface area is 131 Å². The minimum Gasteiger partial charge on any atom is -0.387 e. The van der Waals surface area contributed by atoms with E-state index in [9.17, 15) is 14.3 Å². The van der Waals surface area contributed by atoms with E-state index in [-0.39, 0.29) is 18.1 Å². The molecule has 0 aliphatic rings. The van der Waals surface area contributed by atoms with E-state index in [1.807, 2.05) is 6.26 Å². The molecule has 1 unspecified atom stereocenters. The number of carbonyl (C=O) groups excluding carboxylic acids is 1. The molecule has 7 heteroatoms. The highest BCUT2D eigenvalue weighted by Crippen LogP contribution is 2.20. The van der Waals surface area contributed by atoms with Gasteiger partial charge in [-0.25, -0.2) is 4.39 Å². The smallest absolute Gasteiger partial charge is 0.273 e. The van der Waals surface area contributed by atoms with Gasteiger partial charge in [-0.3, -0.25) is 4.79 Å². The number of hydrogen-bond acceptors (Lipinski definition) is 5. The fraction of sp³-hybridized carbons (Fsp3) is 0.333. The van der Waals surface area contributed by atoms with Gasteiger partial charge in [-0.05, 0) is 37.4 Å². The molecule has 118 valence electrons. The number of carbonyl (C=O) groups is 1. The van der Waals surface area contributed by atoms with Gasteiger partial charge in [0, 0.05) is 23.9 Å². The average Bonchev–Trinajstić information content (AvgIpc) is 2.95. The Hall–Kier alpha value is -1.86. The second-order valence-electron chi connectivity index (χ2n) is 5.20. The van der Waals surface area contributed by atoms with Gasteiger partial charge >= 0.3 is 0 Å². The maximum atomic E-state index is 12.9.